The highest BCUT2D eigenvalue weighted by Gasteiger charge is 2.12. The van der Waals surface area contributed by atoms with Crippen LogP contribution < -0.4 is 19.3 Å². The van der Waals surface area contributed by atoms with Gasteiger partial charge in [-0.3, -0.25) is 4.72 Å². The summed E-state index contributed by atoms with van der Waals surface area (Å²) in [6.45, 7) is 0. The van der Waals surface area contributed by atoms with E-state index in [0.717, 1.165) is 10.9 Å². The Kier molecular flexibility index (Phi) is 4.43. The van der Waals surface area contributed by atoms with Crippen molar-refractivity contribution < 1.29 is 17.9 Å². The zero-order chi connectivity index (χ0) is 18.0. The van der Waals surface area contributed by atoms with Crippen LogP contribution in [0.4, 0.5) is 5.69 Å². The summed E-state index contributed by atoms with van der Waals surface area (Å²) in [4.78, 5) is 8.60. The Hall–Kier alpha value is -2.91. The second kappa shape index (κ2) is 6.54. The van der Waals surface area contributed by atoms with Crippen molar-refractivity contribution in [3.05, 3.63) is 42.7 Å². The van der Waals surface area contributed by atoms with E-state index >= 15 is 0 Å². The summed E-state index contributed by atoms with van der Waals surface area (Å²) in [7, 11) is -0.697. The first kappa shape index (κ1) is 16.9. The smallest absolute Gasteiger partial charge is 0.296 e. The van der Waals surface area contributed by atoms with E-state index in [2.05, 4.69) is 14.7 Å². The SMILES string of the molecule is COc1cc2ncnc(-c3ccc(NS(N)(=O)=O)cc3)c2cc1OC. The molecule has 8 nitrogen and oxygen atoms in total. The highest BCUT2D eigenvalue weighted by Crippen LogP contribution is 2.35. The molecule has 0 bridgehead atoms. The number of rotatable bonds is 5. The zero-order valence-electron chi connectivity index (χ0n) is 13.6. The monoisotopic (exact) mass is 360 g/mol. The molecule has 3 rings (SSSR count). The van der Waals surface area contributed by atoms with Crippen LogP contribution in [0.3, 0.4) is 0 Å². The minimum absolute atomic E-state index is 0.365. The number of anilines is 1. The largest absolute Gasteiger partial charge is 0.493 e. The third-order valence-electron chi connectivity index (χ3n) is 3.56. The van der Waals surface area contributed by atoms with Gasteiger partial charge in [0.25, 0.3) is 10.2 Å². The van der Waals surface area contributed by atoms with Crippen molar-refractivity contribution in [1.29, 1.82) is 0 Å². The molecule has 0 aliphatic carbocycles. The van der Waals surface area contributed by atoms with Gasteiger partial charge >= 0.3 is 0 Å². The molecule has 9 heteroatoms. The van der Waals surface area contributed by atoms with Gasteiger partial charge < -0.3 is 9.47 Å². The van der Waals surface area contributed by atoms with Crippen molar-refractivity contribution in [2.24, 2.45) is 5.14 Å². The Morgan fingerprint density at radius 3 is 2.24 bits per heavy atom. The first-order chi connectivity index (χ1) is 11.9. The molecule has 0 fully saturated rings. The Bertz CT molecular complexity index is 1020. The molecule has 0 aliphatic heterocycles. The minimum atomic E-state index is -3.81. The summed E-state index contributed by atoms with van der Waals surface area (Å²) in [5.74, 6) is 1.14. The van der Waals surface area contributed by atoms with Crippen molar-refractivity contribution in [2.45, 2.75) is 0 Å². The van der Waals surface area contributed by atoms with Gasteiger partial charge in [-0.1, -0.05) is 12.1 Å². The van der Waals surface area contributed by atoms with Gasteiger partial charge in [-0.25, -0.2) is 15.1 Å². The number of benzene rings is 2. The number of nitrogens with one attached hydrogen (secondary N) is 1. The van der Waals surface area contributed by atoms with Crippen molar-refractivity contribution in [2.75, 3.05) is 18.9 Å². The topological polar surface area (TPSA) is 116 Å². The number of hydrogen-bond donors (Lipinski definition) is 2. The fourth-order valence-electron chi connectivity index (χ4n) is 2.47. The summed E-state index contributed by atoms with van der Waals surface area (Å²) in [6.07, 6.45) is 1.46. The Balaban J connectivity index is 2.09. The molecule has 0 saturated heterocycles. The van der Waals surface area contributed by atoms with Crippen LogP contribution in [0.2, 0.25) is 0 Å². The fourth-order valence-corrected chi connectivity index (χ4v) is 2.94. The predicted molar refractivity (Wildman–Crippen MR) is 94.8 cm³/mol. The maximum atomic E-state index is 11.1. The molecular weight excluding hydrogens is 344 g/mol. The van der Waals surface area contributed by atoms with E-state index in [-0.39, 0.29) is 0 Å². The molecule has 3 N–H and O–H groups in total. The van der Waals surface area contributed by atoms with Crippen molar-refractivity contribution in [1.82, 2.24) is 9.97 Å². The van der Waals surface area contributed by atoms with Gasteiger partial charge in [-0.15, -0.1) is 0 Å². The average Bonchev–Trinajstić information content (AvgIpc) is 2.59. The van der Waals surface area contributed by atoms with Crippen LogP contribution in [0.1, 0.15) is 0 Å². The first-order valence-electron chi connectivity index (χ1n) is 7.19. The molecule has 2 aromatic carbocycles. The van der Waals surface area contributed by atoms with E-state index in [1.165, 1.54) is 6.33 Å². The first-order valence-corrected chi connectivity index (χ1v) is 8.73. The average molecular weight is 360 g/mol. The standard InChI is InChI=1S/C16H16N4O4S/c1-23-14-7-12-13(8-15(14)24-2)18-9-19-16(12)10-3-5-11(6-4-10)20-25(17,21)22/h3-9,20H,1-2H3,(H2,17,21,22). The highest BCUT2D eigenvalue weighted by atomic mass is 32.2. The number of fused-ring (bicyclic) bond motifs is 1. The predicted octanol–water partition coefficient (Wildman–Crippen LogP) is 1.93. The van der Waals surface area contributed by atoms with Gasteiger partial charge in [0.2, 0.25) is 0 Å². The summed E-state index contributed by atoms with van der Waals surface area (Å²) < 4.78 is 35.0. The number of aromatic nitrogens is 2. The number of methoxy groups -OCH3 is 2. The molecule has 130 valence electrons. The van der Waals surface area contributed by atoms with Gasteiger partial charge in [-0.05, 0) is 18.2 Å². The van der Waals surface area contributed by atoms with Gasteiger partial charge in [0.05, 0.1) is 25.4 Å². The van der Waals surface area contributed by atoms with E-state index in [4.69, 9.17) is 14.6 Å². The molecule has 0 spiro atoms. The second-order valence-corrected chi connectivity index (χ2v) is 6.47. The second-order valence-electron chi connectivity index (χ2n) is 5.17. The Morgan fingerprint density at radius 2 is 1.64 bits per heavy atom. The lowest BCUT2D eigenvalue weighted by molar-refractivity contribution is 0.356. The molecule has 0 aliphatic rings. The molecule has 25 heavy (non-hydrogen) atoms. The maximum absolute atomic E-state index is 11.1. The summed E-state index contributed by atoms with van der Waals surface area (Å²) in [5.41, 5.74) is 2.55. The molecule has 0 saturated carbocycles. The van der Waals surface area contributed by atoms with E-state index < -0.39 is 10.2 Å². The summed E-state index contributed by atoms with van der Waals surface area (Å²) >= 11 is 0. The number of nitrogens with two attached hydrogens (primary N) is 1. The molecule has 0 radical (unpaired) electrons. The number of ether oxygens (including phenoxy) is 2. The third kappa shape index (κ3) is 3.62. The molecular formula is C16H16N4O4S. The third-order valence-corrected chi connectivity index (χ3v) is 4.08. The van der Waals surface area contributed by atoms with E-state index in [9.17, 15) is 8.42 Å². The van der Waals surface area contributed by atoms with Crippen LogP contribution >= 0.6 is 0 Å². The van der Waals surface area contributed by atoms with E-state index in [1.807, 2.05) is 0 Å². The molecule has 1 heterocycles. The highest BCUT2D eigenvalue weighted by molar-refractivity contribution is 7.90. The molecule has 0 amide bonds. The van der Waals surface area contributed by atoms with Crippen LogP contribution in [-0.2, 0) is 10.2 Å². The lowest BCUT2D eigenvalue weighted by Crippen LogP contribution is -2.21. The van der Waals surface area contributed by atoms with E-state index in [0.29, 0.717) is 28.4 Å². The van der Waals surface area contributed by atoms with Gasteiger partial charge in [-0.2, -0.15) is 8.42 Å². The number of nitrogens with zero attached hydrogens (tertiary/aromatic N) is 2. The van der Waals surface area contributed by atoms with Gasteiger partial charge in [0.15, 0.2) is 11.5 Å². The van der Waals surface area contributed by atoms with Crippen molar-refractivity contribution in [3.8, 4) is 22.8 Å². The van der Waals surface area contributed by atoms with Crippen LogP contribution in [0, 0.1) is 0 Å². The van der Waals surface area contributed by atoms with E-state index in [1.54, 1.807) is 50.6 Å². The van der Waals surface area contributed by atoms with Gasteiger partial charge in [0, 0.05) is 22.7 Å². The normalized spacial score (nSPS) is 11.3. The van der Waals surface area contributed by atoms with Gasteiger partial charge in [0.1, 0.15) is 6.33 Å². The lowest BCUT2D eigenvalue weighted by Gasteiger charge is -2.11. The van der Waals surface area contributed by atoms with Crippen LogP contribution in [-0.4, -0.2) is 32.6 Å². The molecule has 1 aromatic heterocycles. The van der Waals surface area contributed by atoms with Crippen LogP contribution in [0.15, 0.2) is 42.7 Å². The Morgan fingerprint density at radius 1 is 1.00 bits per heavy atom. The quantitative estimate of drug-likeness (QED) is 0.718. The zero-order valence-corrected chi connectivity index (χ0v) is 14.4. The maximum Gasteiger partial charge on any atom is 0.296 e. The minimum Gasteiger partial charge on any atom is -0.493 e. The summed E-state index contributed by atoms with van der Waals surface area (Å²) in [5, 5.41) is 5.75. The van der Waals surface area contributed by atoms with Crippen LogP contribution in [0.25, 0.3) is 22.2 Å². The molecule has 0 unspecified atom stereocenters. The van der Waals surface area contributed by atoms with Crippen molar-refractivity contribution in [3.63, 3.8) is 0 Å². The molecule has 0 atom stereocenters. The molecule has 3 aromatic rings. The van der Waals surface area contributed by atoms with Crippen LogP contribution in [0.5, 0.6) is 11.5 Å². The summed E-state index contributed by atoms with van der Waals surface area (Å²) in [6, 6.07) is 10.3. The fraction of sp³-hybridized carbons (Fsp3) is 0.125. The lowest BCUT2D eigenvalue weighted by atomic mass is 10.1. The Labute approximate surface area is 144 Å². The van der Waals surface area contributed by atoms with Crippen molar-refractivity contribution >= 4 is 26.8 Å². The number of hydrogen-bond acceptors (Lipinski definition) is 6.